The first-order valence-electron chi connectivity index (χ1n) is 8.47. The lowest BCUT2D eigenvalue weighted by Crippen LogP contribution is -2.24. The number of nitrogens with zero attached hydrogens (tertiary/aromatic N) is 3. The molecule has 1 N–H and O–H groups in total. The van der Waals surface area contributed by atoms with Crippen molar-refractivity contribution in [2.24, 2.45) is 0 Å². The summed E-state index contributed by atoms with van der Waals surface area (Å²) in [5, 5.41) is 3.39. The van der Waals surface area contributed by atoms with Crippen LogP contribution in [0.2, 0.25) is 0 Å². The molecule has 0 fully saturated rings. The summed E-state index contributed by atoms with van der Waals surface area (Å²) >= 11 is 0. The quantitative estimate of drug-likeness (QED) is 0.774. The third-order valence-electron chi connectivity index (χ3n) is 4.56. The van der Waals surface area contributed by atoms with Crippen molar-refractivity contribution < 1.29 is 9.53 Å². The van der Waals surface area contributed by atoms with Gasteiger partial charge < -0.3 is 10.1 Å². The Balaban J connectivity index is 1.59. The van der Waals surface area contributed by atoms with Crippen LogP contribution < -0.4 is 15.6 Å². The Bertz CT molecular complexity index is 1060. The number of ether oxygens (including phenoxy) is 1. The maximum atomic E-state index is 12.5. The molecule has 1 aliphatic heterocycles. The summed E-state index contributed by atoms with van der Waals surface area (Å²) in [6, 6.07) is 8.64. The molecule has 0 atom stereocenters. The fourth-order valence-corrected chi connectivity index (χ4v) is 3.25. The highest BCUT2D eigenvalue weighted by atomic mass is 16.5. The first-order chi connectivity index (χ1) is 12.7. The molecule has 26 heavy (non-hydrogen) atoms. The molecule has 1 amide bonds. The third kappa shape index (κ3) is 2.81. The number of hydrogen-bond donors (Lipinski definition) is 1. The molecule has 0 saturated carbocycles. The van der Waals surface area contributed by atoms with E-state index in [0.717, 1.165) is 24.2 Å². The van der Waals surface area contributed by atoms with Gasteiger partial charge in [0.15, 0.2) is 0 Å². The molecule has 3 heterocycles. The van der Waals surface area contributed by atoms with E-state index in [0.29, 0.717) is 35.4 Å². The van der Waals surface area contributed by atoms with E-state index in [1.807, 2.05) is 6.07 Å². The van der Waals surface area contributed by atoms with Crippen molar-refractivity contribution in [1.82, 2.24) is 19.9 Å². The highest BCUT2D eigenvalue weighted by Crippen LogP contribution is 2.17. The molecule has 0 unspecified atom stereocenters. The van der Waals surface area contributed by atoms with Crippen LogP contribution >= 0.6 is 0 Å². The van der Waals surface area contributed by atoms with Crippen molar-refractivity contribution in [2.75, 3.05) is 7.11 Å². The van der Waals surface area contributed by atoms with E-state index in [2.05, 4.69) is 15.3 Å². The molecule has 7 heteroatoms. The normalized spacial score (nSPS) is 12.8. The van der Waals surface area contributed by atoms with E-state index >= 15 is 0 Å². The second kappa shape index (κ2) is 6.59. The summed E-state index contributed by atoms with van der Waals surface area (Å²) in [5.41, 5.74) is 1.79. The van der Waals surface area contributed by atoms with Crippen LogP contribution in [0.15, 0.2) is 41.3 Å². The minimum absolute atomic E-state index is 0.0328. The lowest BCUT2D eigenvalue weighted by atomic mass is 10.1. The van der Waals surface area contributed by atoms with Crippen LogP contribution in [0.25, 0.3) is 10.9 Å². The average molecular weight is 350 g/mol. The van der Waals surface area contributed by atoms with Gasteiger partial charge in [0.1, 0.15) is 5.82 Å². The number of carbonyl (C=O) groups is 1. The average Bonchev–Trinajstić information content (AvgIpc) is 3.14. The van der Waals surface area contributed by atoms with Gasteiger partial charge in [0, 0.05) is 36.8 Å². The van der Waals surface area contributed by atoms with Crippen molar-refractivity contribution in [3.8, 4) is 5.88 Å². The minimum Gasteiger partial charge on any atom is -0.481 e. The van der Waals surface area contributed by atoms with Gasteiger partial charge in [0.25, 0.3) is 11.5 Å². The number of benzene rings is 1. The van der Waals surface area contributed by atoms with Gasteiger partial charge in [0.2, 0.25) is 5.88 Å². The first-order valence-corrected chi connectivity index (χ1v) is 8.47. The first kappa shape index (κ1) is 16.3. The maximum absolute atomic E-state index is 12.5. The molecule has 2 aromatic heterocycles. The number of hydrogen-bond acceptors (Lipinski definition) is 5. The second-order valence-electron chi connectivity index (χ2n) is 6.17. The zero-order chi connectivity index (χ0) is 18.1. The highest BCUT2D eigenvalue weighted by Gasteiger charge is 2.17. The summed E-state index contributed by atoms with van der Waals surface area (Å²) in [6.07, 6.45) is 3.36. The topological polar surface area (TPSA) is 86.1 Å². The summed E-state index contributed by atoms with van der Waals surface area (Å²) in [6.45, 7) is 1.01. The van der Waals surface area contributed by atoms with Crippen LogP contribution in [0.4, 0.5) is 0 Å². The van der Waals surface area contributed by atoms with E-state index in [1.165, 1.54) is 0 Å². The molecular weight excluding hydrogens is 332 g/mol. The van der Waals surface area contributed by atoms with E-state index in [-0.39, 0.29) is 11.5 Å². The lowest BCUT2D eigenvalue weighted by molar-refractivity contribution is 0.0950. The van der Waals surface area contributed by atoms with Gasteiger partial charge in [-0.1, -0.05) is 6.07 Å². The number of aryl methyl sites for hydroxylation is 1. The number of aromatic nitrogens is 3. The Hall–Kier alpha value is -3.22. The van der Waals surface area contributed by atoms with Crippen LogP contribution in [-0.4, -0.2) is 27.6 Å². The summed E-state index contributed by atoms with van der Waals surface area (Å²) in [5.74, 6) is 1.04. The molecule has 1 aliphatic rings. The Labute approximate surface area is 149 Å². The highest BCUT2D eigenvalue weighted by molar-refractivity contribution is 5.97. The van der Waals surface area contributed by atoms with Gasteiger partial charge in [-0.2, -0.15) is 0 Å². The molecule has 132 valence electrons. The number of pyridine rings is 1. The molecule has 1 aromatic carbocycles. The number of carbonyl (C=O) groups excluding carboxylic acids is 1. The Kier molecular flexibility index (Phi) is 4.12. The van der Waals surface area contributed by atoms with Gasteiger partial charge in [-0.15, -0.1) is 0 Å². The van der Waals surface area contributed by atoms with E-state index in [1.54, 1.807) is 42.1 Å². The second-order valence-corrected chi connectivity index (χ2v) is 6.17. The fourth-order valence-electron chi connectivity index (χ4n) is 3.25. The van der Waals surface area contributed by atoms with Gasteiger partial charge in [-0.05, 0) is 30.7 Å². The van der Waals surface area contributed by atoms with Crippen molar-refractivity contribution in [3.63, 3.8) is 0 Å². The molecule has 7 nitrogen and oxygen atoms in total. The molecular formula is C19H18N4O3. The number of fused-ring (bicyclic) bond motifs is 2. The zero-order valence-electron chi connectivity index (χ0n) is 14.4. The Morgan fingerprint density at radius 3 is 3.08 bits per heavy atom. The largest absolute Gasteiger partial charge is 0.481 e. The van der Waals surface area contributed by atoms with E-state index in [4.69, 9.17) is 4.74 Å². The van der Waals surface area contributed by atoms with Crippen LogP contribution in [0.5, 0.6) is 5.88 Å². The number of amides is 1. The van der Waals surface area contributed by atoms with Gasteiger partial charge in [-0.3, -0.25) is 14.2 Å². The van der Waals surface area contributed by atoms with Crippen LogP contribution in [0, 0.1) is 0 Å². The number of nitrogens with one attached hydrogen (secondary N) is 1. The summed E-state index contributed by atoms with van der Waals surface area (Å²) in [4.78, 5) is 33.7. The predicted molar refractivity (Wildman–Crippen MR) is 96.3 cm³/mol. The van der Waals surface area contributed by atoms with Gasteiger partial charge in [-0.25, -0.2) is 9.97 Å². The smallest absolute Gasteiger partial charge is 0.261 e. The molecule has 3 aromatic rings. The monoisotopic (exact) mass is 350 g/mol. The van der Waals surface area contributed by atoms with Crippen LogP contribution in [0.1, 0.15) is 28.2 Å². The molecule has 0 aliphatic carbocycles. The van der Waals surface area contributed by atoms with Crippen molar-refractivity contribution in [3.05, 3.63) is 63.8 Å². The van der Waals surface area contributed by atoms with Gasteiger partial charge in [0.05, 0.1) is 18.0 Å². The van der Waals surface area contributed by atoms with Crippen molar-refractivity contribution in [2.45, 2.75) is 25.9 Å². The number of methoxy groups -OCH3 is 1. The van der Waals surface area contributed by atoms with E-state index in [9.17, 15) is 9.59 Å². The fraction of sp³-hybridized carbons (Fsp3) is 0.263. The maximum Gasteiger partial charge on any atom is 0.261 e. The minimum atomic E-state index is -0.236. The van der Waals surface area contributed by atoms with Crippen LogP contribution in [0.3, 0.4) is 0 Å². The van der Waals surface area contributed by atoms with Gasteiger partial charge >= 0.3 is 0 Å². The van der Waals surface area contributed by atoms with Crippen molar-refractivity contribution >= 4 is 16.8 Å². The molecule has 4 rings (SSSR count). The van der Waals surface area contributed by atoms with Crippen molar-refractivity contribution in [1.29, 1.82) is 0 Å². The van der Waals surface area contributed by atoms with E-state index < -0.39 is 0 Å². The van der Waals surface area contributed by atoms with Crippen LogP contribution in [-0.2, 0) is 19.5 Å². The predicted octanol–water partition coefficient (Wildman–Crippen LogP) is 1.68. The lowest BCUT2D eigenvalue weighted by Gasteiger charge is -2.09. The summed E-state index contributed by atoms with van der Waals surface area (Å²) < 4.78 is 6.91. The standard InChI is InChI=1S/C19H18N4O3/c1-26-18-13(4-2-8-20-18)11-21-17(24)12-6-7-14-15(10-12)22-16-5-3-9-23(16)19(14)25/h2,4,6-8,10H,3,5,9,11H2,1H3,(H,21,24). The molecule has 0 saturated heterocycles. The Morgan fingerprint density at radius 2 is 2.23 bits per heavy atom. The third-order valence-corrected chi connectivity index (χ3v) is 4.56. The zero-order valence-corrected chi connectivity index (χ0v) is 14.4. The SMILES string of the molecule is COc1ncccc1CNC(=O)c1ccc2c(=O)n3c(nc2c1)CCC3. The number of rotatable bonds is 4. The molecule has 0 spiro atoms. The molecule has 0 bridgehead atoms. The Morgan fingerprint density at radius 1 is 1.35 bits per heavy atom. The molecule has 0 radical (unpaired) electrons. The summed E-state index contributed by atoms with van der Waals surface area (Å²) in [7, 11) is 1.54.